The van der Waals surface area contributed by atoms with Crippen molar-refractivity contribution in [1.29, 1.82) is 0 Å². The van der Waals surface area contributed by atoms with E-state index < -0.39 is 0 Å². The second-order valence-corrected chi connectivity index (χ2v) is 3.13. The van der Waals surface area contributed by atoms with Crippen molar-refractivity contribution in [3.8, 4) is 5.69 Å². The van der Waals surface area contributed by atoms with E-state index >= 15 is 0 Å². The van der Waals surface area contributed by atoms with Crippen molar-refractivity contribution in [2.75, 3.05) is 0 Å². The normalized spacial score (nSPS) is 10.5. The summed E-state index contributed by atoms with van der Waals surface area (Å²) in [6.45, 7) is 1.59. The van der Waals surface area contributed by atoms with Crippen molar-refractivity contribution in [3.63, 3.8) is 0 Å². The van der Waals surface area contributed by atoms with Crippen LogP contribution in [0.2, 0.25) is 5.15 Å². The summed E-state index contributed by atoms with van der Waals surface area (Å²) >= 11 is 5.63. The third-order valence-corrected chi connectivity index (χ3v) is 1.90. The van der Waals surface area contributed by atoms with Crippen LogP contribution in [0.5, 0.6) is 0 Å². The fraction of sp³-hybridized carbons (Fsp3) is 0.125. The quantitative estimate of drug-likeness (QED) is 0.724. The predicted octanol–water partition coefficient (Wildman–Crippen LogP) is 1.76. The Labute approximate surface area is 84.3 Å². The molecule has 0 fully saturated rings. The molecule has 0 saturated carbocycles. The van der Waals surface area contributed by atoms with Crippen LogP contribution in [0.1, 0.15) is 5.69 Å². The number of hydrogen-bond donors (Lipinski definition) is 0. The Hall–Kier alpha value is -1.49. The van der Waals surface area contributed by atoms with Gasteiger partial charge in [0.25, 0.3) is 0 Å². The standard InChI is InChI=1S/C8H6ClFN4/c1-5-7(10)4-14(13-5)6-2-8(9)12-11-3-6/h2-4H,1H3. The molecule has 0 atom stereocenters. The Balaban J connectivity index is 2.49. The molecule has 6 heteroatoms. The van der Waals surface area contributed by atoms with Crippen molar-refractivity contribution >= 4 is 11.6 Å². The summed E-state index contributed by atoms with van der Waals surface area (Å²) in [7, 11) is 0. The van der Waals surface area contributed by atoms with E-state index in [0.717, 1.165) is 0 Å². The van der Waals surface area contributed by atoms with Crippen molar-refractivity contribution in [2.45, 2.75) is 6.92 Å². The topological polar surface area (TPSA) is 43.6 Å². The number of nitrogens with zero attached hydrogens (tertiary/aromatic N) is 4. The largest absolute Gasteiger partial charge is 0.236 e. The summed E-state index contributed by atoms with van der Waals surface area (Å²) in [4.78, 5) is 0. The van der Waals surface area contributed by atoms with E-state index in [2.05, 4.69) is 15.3 Å². The monoisotopic (exact) mass is 212 g/mol. The predicted molar refractivity (Wildman–Crippen MR) is 48.9 cm³/mol. The molecule has 0 aliphatic rings. The van der Waals surface area contributed by atoms with E-state index in [1.165, 1.54) is 17.1 Å². The van der Waals surface area contributed by atoms with E-state index in [0.29, 0.717) is 11.4 Å². The first-order valence-electron chi connectivity index (χ1n) is 3.87. The fourth-order valence-corrected chi connectivity index (χ4v) is 1.18. The summed E-state index contributed by atoms with van der Waals surface area (Å²) in [5, 5.41) is 11.4. The molecule has 0 aliphatic carbocycles. The molecule has 0 radical (unpaired) electrons. The van der Waals surface area contributed by atoms with Gasteiger partial charge >= 0.3 is 0 Å². The molecule has 2 aromatic rings. The van der Waals surface area contributed by atoms with Crippen LogP contribution in [0, 0.1) is 12.7 Å². The zero-order chi connectivity index (χ0) is 10.1. The van der Waals surface area contributed by atoms with Crippen molar-refractivity contribution in [1.82, 2.24) is 20.0 Å². The van der Waals surface area contributed by atoms with Crippen molar-refractivity contribution < 1.29 is 4.39 Å². The van der Waals surface area contributed by atoms with Gasteiger partial charge in [-0.25, -0.2) is 9.07 Å². The van der Waals surface area contributed by atoms with Gasteiger partial charge in [-0.15, -0.1) is 5.10 Å². The maximum atomic E-state index is 13.0. The summed E-state index contributed by atoms with van der Waals surface area (Å²) in [5.74, 6) is -0.363. The van der Waals surface area contributed by atoms with Crippen LogP contribution in [0.3, 0.4) is 0 Å². The van der Waals surface area contributed by atoms with Crippen LogP contribution >= 0.6 is 11.6 Å². The van der Waals surface area contributed by atoms with Gasteiger partial charge in [0.2, 0.25) is 0 Å². The molecule has 0 aromatic carbocycles. The lowest BCUT2D eigenvalue weighted by Gasteiger charge is -1.98. The summed E-state index contributed by atoms with van der Waals surface area (Å²) < 4.78 is 14.3. The van der Waals surface area contributed by atoms with Crippen LogP contribution in [0.15, 0.2) is 18.5 Å². The molecule has 2 heterocycles. The van der Waals surface area contributed by atoms with Gasteiger partial charge in [0.1, 0.15) is 0 Å². The van der Waals surface area contributed by atoms with E-state index in [1.54, 1.807) is 13.0 Å². The number of hydrogen-bond acceptors (Lipinski definition) is 3. The average molecular weight is 213 g/mol. The first-order valence-corrected chi connectivity index (χ1v) is 4.25. The first kappa shape index (κ1) is 9.08. The second-order valence-electron chi connectivity index (χ2n) is 2.74. The molecule has 4 nitrogen and oxygen atoms in total. The van der Waals surface area contributed by atoms with Crippen molar-refractivity contribution in [3.05, 3.63) is 35.1 Å². The number of rotatable bonds is 1. The minimum absolute atomic E-state index is 0.246. The van der Waals surface area contributed by atoms with Crippen LogP contribution < -0.4 is 0 Å². The van der Waals surface area contributed by atoms with Gasteiger partial charge in [-0.2, -0.15) is 10.2 Å². The third-order valence-electron chi connectivity index (χ3n) is 1.71. The van der Waals surface area contributed by atoms with Crippen LogP contribution in [-0.4, -0.2) is 20.0 Å². The molecular weight excluding hydrogens is 207 g/mol. The lowest BCUT2D eigenvalue weighted by atomic mass is 10.5. The van der Waals surface area contributed by atoms with Gasteiger partial charge in [0.05, 0.1) is 23.8 Å². The first-order chi connectivity index (χ1) is 6.66. The Bertz CT molecular complexity index is 449. The molecule has 0 N–H and O–H groups in total. The summed E-state index contributed by atoms with van der Waals surface area (Å²) in [6, 6.07) is 1.56. The van der Waals surface area contributed by atoms with Gasteiger partial charge < -0.3 is 0 Å². The zero-order valence-corrected chi connectivity index (χ0v) is 8.03. The Morgan fingerprint density at radius 2 is 2.29 bits per heavy atom. The minimum atomic E-state index is -0.363. The van der Waals surface area contributed by atoms with Gasteiger partial charge in [-0.3, -0.25) is 0 Å². The van der Waals surface area contributed by atoms with Gasteiger partial charge in [-0.1, -0.05) is 11.6 Å². The van der Waals surface area contributed by atoms with Gasteiger partial charge in [0.15, 0.2) is 11.0 Å². The highest BCUT2D eigenvalue weighted by Crippen LogP contribution is 2.11. The van der Waals surface area contributed by atoms with Crippen LogP contribution in [0.25, 0.3) is 5.69 Å². The number of aryl methyl sites for hydroxylation is 1. The zero-order valence-electron chi connectivity index (χ0n) is 7.28. The van der Waals surface area contributed by atoms with Crippen LogP contribution in [-0.2, 0) is 0 Å². The molecule has 0 bridgehead atoms. The Morgan fingerprint density at radius 3 is 2.86 bits per heavy atom. The van der Waals surface area contributed by atoms with E-state index in [9.17, 15) is 4.39 Å². The molecule has 14 heavy (non-hydrogen) atoms. The van der Waals surface area contributed by atoms with E-state index in [4.69, 9.17) is 11.6 Å². The molecule has 2 aromatic heterocycles. The summed E-state index contributed by atoms with van der Waals surface area (Å²) in [5.41, 5.74) is 0.912. The maximum Gasteiger partial charge on any atom is 0.164 e. The van der Waals surface area contributed by atoms with Crippen molar-refractivity contribution in [2.24, 2.45) is 0 Å². The van der Waals surface area contributed by atoms with E-state index in [-0.39, 0.29) is 11.0 Å². The Kier molecular flexibility index (Phi) is 2.17. The van der Waals surface area contributed by atoms with Crippen LogP contribution in [0.4, 0.5) is 4.39 Å². The SMILES string of the molecule is Cc1nn(-c2cnnc(Cl)c2)cc1F. The Morgan fingerprint density at radius 1 is 1.50 bits per heavy atom. The average Bonchev–Trinajstić information content (AvgIpc) is 2.47. The molecule has 0 unspecified atom stereocenters. The molecule has 0 aliphatic heterocycles. The molecule has 72 valence electrons. The third kappa shape index (κ3) is 1.58. The molecule has 2 rings (SSSR count). The second kappa shape index (κ2) is 3.34. The van der Waals surface area contributed by atoms with Gasteiger partial charge in [-0.05, 0) is 6.92 Å². The lowest BCUT2D eigenvalue weighted by Crippen LogP contribution is -1.96. The fourth-order valence-electron chi connectivity index (χ4n) is 1.03. The summed E-state index contributed by atoms with van der Waals surface area (Å²) in [6.07, 6.45) is 2.72. The molecule has 0 amide bonds. The van der Waals surface area contributed by atoms with E-state index in [1.807, 2.05) is 0 Å². The highest BCUT2D eigenvalue weighted by Gasteiger charge is 2.05. The van der Waals surface area contributed by atoms with Gasteiger partial charge in [0, 0.05) is 6.07 Å². The minimum Gasteiger partial charge on any atom is -0.236 e. The highest BCUT2D eigenvalue weighted by atomic mass is 35.5. The molecule has 0 spiro atoms. The number of aromatic nitrogens is 4. The maximum absolute atomic E-state index is 13.0. The molecule has 0 saturated heterocycles. The number of halogens is 2. The lowest BCUT2D eigenvalue weighted by molar-refractivity contribution is 0.618. The molecular formula is C8H6ClFN4. The smallest absolute Gasteiger partial charge is 0.164 e. The highest BCUT2D eigenvalue weighted by molar-refractivity contribution is 6.29.